The van der Waals surface area contributed by atoms with Gasteiger partial charge in [0.25, 0.3) is 0 Å². The Morgan fingerprint density at radius 3 is 2.07 bits per heavy atom. The highest BCUT2D eigenvalue weighted by atomic mass is 19.4. The highest BCUT2D eigenvalue weighted by Gasteiger charge is 2.38. The number of alkyl halides is 9. The number of nitrogens with one attached hydrogen (secondary N) is 1. The first-order chi connectivity index (χ1) is 21.0. The normalized spacial score (nSPS) is 13.7. The Morgan fingerprint density at radius 1 is 0.822 bits per heavy atom. The number of fused-ring (bicyclic) bond motifs is 1. The summed E-state index contributed by atoms with van der Waals surface area (Å²) < 4.78 is 112. The third kappa shape index (κ3) is 8.33. The third-order valence-corrected chi connectivity index (χ3v) is 6.25. The molecule has 9 nitrogen and oxygen atoms in total. The maximum Gasteiger partial charge on any atom is 0.490 e. The molecule has 18 heteroatoms. The number of pyridine rings is 3. The van der Waals surface area contributed by atoms with Gasteiger partial charge >= 0.3 is 24.5 Å². The average molecular weight is 645 g/mol. The zero-order chi connectivity index (χ0) is 33.0. The number of rotatable bonds is 4. The summed E-state index contributed by atoms with van der Waals surface area (Å²) in [5.41, 5.74) is 0.163. The lowest BCUT2D eigenvalue weighted by molar-refractivity contribution is -0.192. The van der Waals surface area contributed by atoms with Gasteiger partial charge in [-0.1, -0.05) is 0 Å². The first kappa shape index (κ1) is 32.9. The van der Waals surface area contributed by atoms with E-state index in [0.29, 0.717) is 41.1 Å². The summed E-state index contributed by atoms with van der Waals surface area (Å²) in [5.74, 6) is -2.15. The monoisotopic (exact) mass is 645 g/mol. The quantitative estimate of drug-likeness (QED) is 0.245. The van der Waals surface area contributed by atoms with E-state index in [0.717, 1.165) is 12.1 Å². The van der Waals surface area contributed by atoms with Crippen LogP contribution >= 0.6 is 0 Å². The minimum Gasteiger partial charge on any atom is -0.475 e. The molecule has 0 atom stereocenters. The largest absolute Gasteiger partial charge is 0.490 e. The van der Waals surface area contributed by atoms with Crippen LogP contribution in [0, 0.1) is 0 Å². The second kappa shape index (κ2) is 12.9. The van der Waals surface area contributed by atoms with Crippen molar-refractivity contribution in [3.8, 4) is 11.4 Å². The Bertz CT molecular complexity index is 1630. The van der Waals surface area contributed by atoms with Crippen LogP contribution in [0.5, 0.6) is 0 Å². The first-order valence-electron chi connectivity index (χ1n) is 12.7. The molecule has 4 aromatic heterocycles. The zero-order valence-corrected chi connectivity index (χ0v) is 22.5. The third-order valence-electron chi connectivity index (χ3n) is 6.25. The number of aliphatic carboxylic acids is 1. The number of halogens is 9. The molecular weight excluding hydrogens is 625 g/mol. The lowest BCUT2D eigenvalue weighted by Gasteiger charge is -2.24. The van der Waals surface area contributed by atoms with E-state index < -0.39 is 35.6 Å². The van der Waals surface area contributed by atoms with Crippen LogP contribution < -0.4 is 10.2 Å². The van der Waals surface area contributed by atoms with Crippen molar-refractivity contribution in [2.24, 2.45) is 0 Å². The summed E-state index contributed by atoms with van der Waals surface area (Å²) in [4.78, 5) is 31.6. The molecule has 238 valence electrons. The van der Waals surface area contributed by atoms with Crippen LogP contribution in [0.3, 0.4) is 0 Å². The fourth-order valence-corrected chi connectivity index (χ4v) is 4.17. The molecule has 45 heavy (non-hydrogen) atoms. The zero-order valence-electron chi connectivity index (χ0n) is 22.5. The Balaban J connectivity index is 0.000000591. The maximum atomic E-state index is 13.6. The predicted octanol–water partition coefficient (Wildman–Crippen LogP) is 6.35. The topological polar surface area (TPSA) is 117 Å². The van der Waals surface area contributed by atoms with E-state index in [4.69, 9.17) is 9.90 Å². The van der Waals surface area contributed by atoms with Crippen molar-refractivity contribution in [2.45, 2.75) is 31.4 Å². The minimum absolute atomic E-state index is 0.129. The number of carbonyl (C=O) groups is 1. The summed E-state index contributed by atoms with van der Waals surface area (Å²) >= 11 is 0. The van der Waals surface area contributed by atoms with E-state index in [-0.39, 0.29) is 31.1 Å². The molecule has 0 unspecified atom stereocenters. The molecular formula is C27H20F9N7O2. The predicted molar refractivity (Wildman–Crippen MR) is 140 cm³/mol. The molecule has 0 saturated carbocycles. The Labute approximate surface area is 247 Å². The molecule has 0 saturated heterocycles. The summed E-state index contributed by atoms with van der Waals surface area (Å²) in [6, 6.07) is 7.73. The molecule has 0 aliphatic carbocycles. The lowest BCUT2D eigenvalue weighted by atomic mass is 10.1. The smallest absolute Gasteiger partial charge is 0.475 e. The summed E-state index contributed by atoms with van der Waals surface area (Å²) in [7, 11) is 0. The highest BCUT2D eigenvalue weighted by Crippen LogP contribution is 2.36. The molecule has 1 aliphatic rings. The number of carboxylic acids is 1. The molecule has 0 fully saturated rings. The maximum absolute atomic E-state index is 13.6. The van der Waals surface area contributed by atoms with Crippen molar-refractivity contribution >= 4 is 23.4 Å². The van der Waals surface area contributed by atoms with Gasteiger partial charge in [-0.3, -0.25) is 4.98 Å². The van der Waals surface area contributed by atoms with Gasteiger partial charge in [-0.2, -0.15) is 39.5 Å². The Kier molecular flexibility index (Phi) is 9.43. The molecule has 5 heterocycles. The van der Waals surface area contributed by atoms with Crippen molar-refractivity contribution in [1.29, 1.82) is 0 Å². The molecule has 4 aromatic rings. The van der Waals surface area contributed by atoms with Crippen LogP contribution in [0.4, 0.5) is 57.0 Å². The van der Waals surface area contributed by atoms with Crippen LogP contribution in [0.2, 0.25) is 0 Å². The van der Waals surface area contributed by atoms with Gasteiger partial charge in [0.05, 0.1) is 16.8 Å². The molecule has 1 aliphatic heterocycles. The number of hydrogen-bond acceptors (Lipinski definition) is 8. The molecule has 0 spiro atoms. The van der Waals surface area contributed by atoms with Crippen LogP contribution in [0.15, 0.2) is 61.2 Å². The number of carboxylic acid groups (broad SMARTS) is 1. The van der Waals surface area contributed by atoms with Gasteiger partial charge in [-0.15, -0.1) is 0 Å². The first-order valence-corrected chi connectivity index (χ1v) is 12.7. The number of nitrogens with zero attached hydrogens (tertiary/aromatic N) is 6. The van der Waals surface area contributed by atoms with Crippen molar-refractivity contribution in [1.82, 2.24) is 24.9 Å². The summed E-state index contributed by atoms with van der Waals surface area (Å²) in [6.45, 7) is 0.415. The number of aromatic nitrogens is 5. The molecule has 0 radical (unpaired) electrons. The van der Waals surface area contributed by atoms with Crippen LogP contribution in [0.1, 0.15) is 22.4 Å². The minimum atomic E-state index is -5.08. The van der Waals surface area contributed by atoms with Gasteiger partial charge in [-0.25, -0.2) is 24.7 Å². The van der Waals surface area contributed by atoms with Crippen molar-refractivity contribution < 1.29 is 49.4 Å². The second-order valence-electron chi connectivity index (χ2n) is 9.27. The average Bonchev–Trinajstić information content (AvgIpc) is 3.20. The molecule has 5 rings (SSSR count). The summed E-state index contributed by atoms with van der Waals surface area (Å²) in [5, 5.41) is 10.1. The Hall–Kier alpha value is -5.03. The van der Waals surface area contributed by atoms with E-state index in [2.05, 4.69) is 30.2 Å². The van der Waals surface area contributed by atoms with Gasteiger partial charge < -0.3 is 15.3 Å². The highest BCUT2D eigenvalue weighted by molar-refractivity contribution is 5.73. The number of hydrogen-bond donors (Lipinski definition) is 2. The Morgan fingerprint density at radius 2 is 1.49 bits per heavy atom. The standard InChI is InChI=1S/C25H19F6N7.C2HF3O2/c26-24(27,28)16-3-4-20(34-14-16)36-22-17-7-12-38(23-18(25(29,30)31)2-1-9-33-23)13-8-19(17)35-21(37-22)15-5-10-32-11-6-15;3-2(4,5)1(6)7/h1-6,9-11,14H,7-8,12-13H2,(H,34,35,36,37);(H,6,7). The van der Waals surface area contributed by atoms with Gasteiger partial charge in [0.15, 0.2) is 5.82 Å². The van der Waals surface area contributed by atoms with Gasteiger partial charge in [0.1, 0.15) is 17.5 Å². The van der Waals surface area contributed by atoms with Gasteiger partial charge in [0, 0.05) is 55.4 Å². The van der Waals surface area contributed by atoms with E-state index in [9.17, 15) is 39.5 Å². The fraction of sp³-hybridized carbons (Fsp3) is 0.259. The van der Waals surface area contributed by atoms with Crippen LogP contribution in [-0.4, -0.2) is 55.3 Å². The molecule has 0 amide bonds. The summed E-state index contributed by atoms with van der Waals surface area (Å²) in [6.07, 6.45) is -8.47. The van der Waals surface area contributed by atoms with Gasteiger partial charge in [-0.05, 0) is 42.8 Å². The van der Waals surface area contributed by atoms with E-state index >= 15 is 0 Å². The van der Waals surface area contributed by atoms with Crippen molar-refractivity contribution in [3.63, 3.8) is 0 Å². The fourth-order valence-electron chi connectivity index (χ4n) is 4.17. The second-order valence-corrected chi connectivity index (χ2v) is 9.27. The van der Waals surface area contributed by atoms with Crippen LogP contribution in [-0.2, 0) is 30.0 Å². The SMILES string of the molecule is FC(F)(F)c1ccc(Nc2nc(-c3ccncc3)nc3c2CCN(c2ncccc2C(F)(F)F)CC3)nc1.O=C(O)C(F)(F)F. The van der Waals surface area contributed by atoms with Crippen LogP contribution in [0.25, 0.3) is 11.4 Å². The van der Waals surface area contributed by atoms with E-state index in [1.165, 1.54) is 18.3 Å². The van der Waals surface area contributed by atoms with E-state index in [1.807, 2.05) is 0 Å². The van der Waals surface area contributed by atoms with Gasteiger partial charge in [0.2, 0.25) is 0 Å². The number of anilines is 3. The molecule has 0 bridgehead atoms. The van der Waals surface area contributed by atoms with E-state index in [1.54, 1.807) is 29.4 Å². The molecule has 2 N–H and O–H groups in total. The van der Waals surface area contributed by atoms with Crippen molar-refractivity contribution in [2.75, 3.05) is 23.3 Å². The molecule has 0 aromatic carbocycles. The van der Waals surface area contributed by atoms with Crippen molar-refractivity contribution in [3.05, 3.63) is 83.6 Å². The lowest BCUT2D eigenvalue weighted by Crippen LogP contribution is -2.29.